The highest BCUT2D eigenvalue weighted by Crippen LogP contribution is 2.45. The van der Waals surface area contributed by atoms with E-state index in [0.717, 1.165) is 38.4 Å². The van der Waals surface area contributed by atoms with E-state index in [4.69, 9.17) is 14.7 Å². The van der Waals surface area contributed by atoms with Crippen molar-refractivity contribution >= 4 is 52.4 Å². The van der Waals surface area contributed by atoms with Gasteiger partial charge in [0.15, 0.2) is 0 Å². The number of amides is 3. The van der Waals surface area contributed by atoms with Gasteiger partial charge in [-0.25, -0.2) is 4.79 Å². The molecule has 1 aliphatic carbocycles. The molecule has 1 fully saturated rings. The van der Waals surface area contributed by atoms with Gasteiger partial charge >= 0.3 is 6.16 Å². The van der Waals surface area contributed by atoms with Crippen molar-refractivity contribution in [3.05, 3.63) is 77.9 Å². The van der Waals surface area contributed by atoms with E-state index in [0.29, 0.717) is 28.9 Å². The molecule has 2 heterocycles. The van der Waals surface area contributed by atoms with Crippen molar-refractivity contribution in [3.8, 4) is 11.1 Å². The van der Waals surface area contributed by atoms with E-state index in [2.05, 4.69) is 15.6 Å². The molecular weight excluding hydrogens is 598 g/mol. The molecule has 12 nitrogen and oxygen atoms in total. The van der Waals surface area contributed by atoms with Crippen molar-refractivity contribution in [1.82, 2.24) is 20.1 Å². The Hall–Kier alpha value is -4.75. The van der Waals surface area contributed by atoms with E-state index < -0.39 is 11.4 Å². The van der Waals surface area contributed by atoms with Crippen LogP contribution in [0.2, 0.25) is 0 Å². The number of fused-ring (bicyclic) bond motifs is 4. The van der Waals surface area contributed by atoms with Crippen molar-refractivity contribution in [2.24, 2.45) is 0 Å². The summed E-state index contributed by atoms with van der Waals surface area (Å²) in [5, 5.41) is 19.2. The summed E-state index contributed by atoms with van der Waals surface area (Å²) in [4.78, 5) is 58.1. The molecule has 45 heavy (non-hydrogen) atoms. The zero-order valence-corrected chi connectivity index (χ0v) is 25.1. The van der Waals surface area contributed by atoms with Gasteiger partial charge < -0.3 is 15.2 Å². The predicted molar refractivity (Wildman–Crippen MR) is 166 cm³/mol. The Morgan fingerprint density at radius 3 is 2.67 bits per heavy atom. The molecule has 0 bridgehead atoms. The SMILES string of the molecule is O=C(CCN1C(=O)CC(SCCCCO)C1=O)Nc1ccc2c(c1)C(COC(=O)On1nnc3ccccc31)c1ccccc1-2. The summed E-state index contributed by atoms with van der Waals surface area (Å²) in [6.45, 7) is 0.0979. The Balaban J connectivity index is 1.08. The van der Waals surface area contributed by atoms with Crippen molar-refractivity contribution in [1.29, 1.82) is 0 Å². The molecule has 2 atom stereocenters. The molecule has 13 heteroatoms. The van der Waals surface area contributed by atoms with Crippen LogP contribution in [0.4, 0.5) is 10.5 Å². The van der Waals surface area contributed by atoms with Crippen molar-refractivity contribution in [2.75, 3.05) is 30.8 Å². The van der Waals surface area contributed by atoms with Crippen molar-refractivity contribution in [2.45, 2.75) is 36.9 Å². The number of imide groups is 1. The van der Waals surface area contributed by atoms with Crippen LogP contribution in [0.3, 0.4) is 0 Å². The van der Waals surface area contributed by atoms with E-state index in [1.807, 2.05) is 36.4 Å². The summed E-state index contributed by atoms with van der Waals surface area (Å²) in [7, 11) is 0. The number of rotatable bonds is 12. The number of carbonyl (C=O) groups is 4. The van der Waals surface area contributed by atoms with E-state index in [-0.39, 0.29) is 56.2 Å². The van der Waals surface area contributed by atoms with Gasteiger partial charge in [0.1, 0.15) is 17.6 Å². The van der Waals surface area contributed by atoms with Crippen LogP contribution in [0.5, 0.6) is 0 Å². The smallest absolute Gasteiger partial charge is 0.432 e. The fourth-order valence-corrected chi connectivity index (χ4v) is 6.81. The lowest BCUT2D eigenvalue weighted by Crippen LogP contribution is -2.34. The molecule has 4 aromatic rings. The Labute approximate surface area is 262 Å². The zero-order valence-electron chi connectivity index (χ0n) is 24.3. The average Bonchev–Trinajstić information content (AvgIpc) is 3.68. The van der Waals surface area contributed by atoms with Crippen LogP contribution in [-0.2, 0) is 19.1 Å². The third-order valence-corrected chi connectivity index (χ3v) is 9.12. The Morgan fingerprint density at radius 2 is 1.80 bits per heavy atom. The molecule has 0 radical (unpaired) electrons. The Bertz CT molecular complexity index is 1760. The minimum absolute atomic E-state index is 0.00716. The average molecular weight is 630 g/mol. The first kappa shape index (κ1) is 30.3. The number of likely N-dealkylation sites (tertiary alicyclic amines) is 1. The van der Waals surface area contributed by atoms with E-state index in [9.17, 15) is 19.2 Å². The summed E-state index contributed by atoms with van der Waals surface area (Å²) >= 11 is 1.42. The minimum atomic E-state index is -0.933. The lowest BCUT2D eigenvalue weighted by atomic mass is 9.97. The van der Waals surface area contributed by atoms with Crippen LogP contribution >= 0.6 is 11.8 Å². The molecule has 0 saturated carbocycles. The highest BCUT2D eigenvalue weighted by molar-refractivity contribution is 8.00. The molecule has 2 unspecified atom stereocenters. The van der Waals surface area contributed by atoms with E-state index in [1.54, 1.807) is 30.3 Å². The quantitative estimate of drug-likeness (QED) is 0.103. The maximum Gasteiger partial charge on any atom is 0.535 e. The van der Waals surface area contributed by atoms with Crippen LogP contribution in [0, 0.1) is 0 Å². The first-order valence-electron chi connectivity index (χ1n) is 14.7. The van der Waals surface area contributed by atoms with Gasteiger partial charge in [-0.15, -0.1) is 16.9 Å². The Kier molecular flexibility index (Phi) is 9.08. The zero-order chi connectivity index (χ0) is 31.3. The van der Waals surface area contributed by atoms with E-state index >= 15 is 0 Å². The summed E-state index contributed by atoms with van der Waals surface area (Å²) in [6.07, 6.45) is 0.583. The predicted octanol–water partition coefficient (Wildman–Crippen LogP) is 3.77. The molecular formula is C32H31N5O7S. The van der Waals surface area contributed by atoms with Crippen LogP contribution in [-0.4, -0.2) is 79.8 Å². The monoisotopic (exact) mass is 629 g/mol. The molecule has 1 aromatic heterocycles. The third kappa shape index (κ3) is 6.54. The largest absolute Gasteiger partial charge is 0.535 e. The van der Waals surface area contributed by atoms with Gasteiger partial charge in [0.25, 0.3) is 0 Å². The number of hydrogen-bond acceptors (Lipinski definition) is 10. The van der Waals surface area contributed by atoms with Gasteiger partial charge in [0.05, 0.1) is 5.25 Å². The lowest BCUT2D eigenvalue weighted by molar-refractivity contribution is -0.138. The second-order valence-corrected chi connectivity index (χ2v) is 12.0. The van der Waals surface area contributed by atoms with Crippen LogP contribution in [0.25, 0.3) is 22.2 Å². The highest BCUT2D eigenvalue weighted by Gasteiger charge is 2.38. The number of aliphatic hydroxyl groups excluding tert-OH is 1. The van der Waals surface area contributed by atoms with Gasteiger partial charge in [0.2, 0.25) is 17.7 Å². The van der Waals surface area contributed by atoms with Gasteiger partial charge in [-0.05, 0) is 70.3 Å². The molecule has 3 amide bonds. The van der Waals surface area contributed by atoms with Crippen molar-refractivity contribution in [3.63, 3.8) is 0 Å². The normalized spacial score (nSPS) is 17.0. The number of aromatic nitrogens is 3. The molecule has 232 valence electrons. The van der Waals surface area contributed by atoms with Crippen LogP contribution in [0.1, 0.15) is 42.7 Å². The molecule has 6 rings (SSSR count). The number of benzene rings is 3. The maximum absolute atomic E-state index is 12.9. The number of thioether (sulfide) groups is 1. The van der Waals surface area contributed by atoms with Gasteiger partial charge in [0, 0.05) is 37.6 Å². The number of unbranched alkanes of at least 4 members (excludes halogenated alkanes) is 1. The molecule has 2 N–H and O–H groups in total. The minimum Gasteiger partial charge on any atom is -0.432 e. The summed E-state index contributed by atoms with van der Waals surface area (Å²) in [5.41, 5.74) is 5.46. The number of nitrogens with one attached hydrogen (secondary N) is 1. The summed E-state index contributed by atoms with van der Waals surface area (Å²) in [6, 6.07) is 20.4. The summed E-state index contributed by atoms with van der Waals surface area (Å²) < 4.78 is 5.52. The number of anilines is 1. The van der Waals surface area contributed by atoms with Gasteiger partial charge in [-0.2, -0.15) is 0 Å². The molecule has 1 saturated heterocycles. The number of ether oxygens (including phenoxy) is 1. The maximum atomic E-state index is 12.9. The second kappa shape index (κ2) is 13.5. The fourth-order valence-electron chi connectivity index (χ4n) is 5.62. The first-order valence-corrected chi connectivity index (χ1v) is 15.7. The second-order valence-electron chi connectivity index (χ2n) is 10.7. The highest BCUT2D eigenvalue weighted by atomic mass is 32.2. The number of aliphatic hydroxyl groups is 1. The Morgan fingerprint density at radius 1 is 1.00 bits per heavy atom. The van der Waals surface area contributed by atoms with Gasteiger partial charge in [-0.3, -0.25) is 24.1 Å². The van der Waals surface area contributed by atoms with Crippen LogP contribution < -0.4 is 10.2 Å². The molecule has 0 spiro atoms. The van der Waals surface area contributed by atoms with Crippen molar-refractivity contribution < 1.29 is 33.9 Å². The number of nitrogens with zero attached hydrogens (tertiary/aromatic N) is 4. The standard InChI is InChI=1S/C32H31N5O7S/c38-15-5-6-16-45-28-18-30(40)36(31(28)41)14-13-29(39)33-20-11-12-23-21-7-1-2-8-22(21)25(24(23)17-20)19-43-32(42)44-37-27-10-4-3-9-26(27)34-35-37/h1-4,7-12,17,25,28,38H,5-6,13-16,18-19H2,(H,33,39). The van der Waals surface area contributed by atoms with E-state index in [1.165, 1.54) is 11.8 Å². The third-order valence-electron chi connectivity index (χ3n) is 7.82. The molecule has 1 aliphatic heterocycles. The number of carbonyl (C=O) groups excluding carboxylic acids is 4. The molecule has 3 aromatic carbocycles. The summed E-state index contributed by atoms with van der Waals surface area (Å²) in [5.74, 6) is -0.495. The number of para-hydroxylation sites is 1. The molecule has 2 aliphatic rings. The van der Waals surface area contributed by atoms with Gasteiger partial charge in [-0.1, -0.05) is 47.3 Å². The fraction of sp³-hybridized carbons (Fsp3) is 0.312. The number of hydrogen-bond donors (Lipinski definition) is 2. The lowest BCUT2D eigenvalue weighted by Gasteiger charge is -2.16. The topological polar surface area (TPSA) is 153 Å². The first-order chi connectivity index (χ1) is 21.9. The van der Waals surface area contributed by atoms with Crippen LogP contribution in [0.15, 0.2) is 66.7 Å².